The molecule has 5 heteroatoms. The van der Waals surface area contributed by atoms with Crippen molar-refractivity contribution < 1.29 is 19.0 Å². The zero-order chi connectivity index (χ0) is 19.9. The summed E-state index contributed by atoms with van der Waals surface area (Å²) in [6.45, 7) is 4.34. The minimum Gasteiger partial charge on any atom is -0.493 e. The smallest absolute Gasteiger partial charge is 0.226 e. The van der Waals surface area contributed by atoms with Crippen molar-refractivity contribution in [3.05, 3.63) is 53.6 Å². The average Bonchev–Trinajstić information content (AvgIpc) is 2.73. The van der Waals surface area contributed by atoms with Gasteiger partial charge in [0.05, 0.1) is 27.2 Å². The first-order valence-electron chi connectivity index (χ1n) is 9.77. The number of amides is 1. The molecule has 0 bridgehead atoms. The molecule has 0 unspecified atom stereocenters. The predicted molar refractivity (Wildman–Crippen MR) is 109 cm³/mol. The maximum Gasteiger partial charge on any atom is 0.226 e. The van der Waals surface area contributed by atoms with Crippen molar-refractivity contribution >= 4 is 5.91 Å². The summed E-state index contributed by atoms with van der Waals surface area (Å²) in [6.07, 6.45) is 2.33. The van der Waals surface area contributed by atoms with E-state index in [0.29, 0.717) is 30.4 Å². The second-order valence-corrected chi connectivity index (χ2v) is 7.27. The van der Waals surface area contributed by atoms with Crippen LogP contribution < -0.4 is 14.2 Å². The van der Waals surface area contributed by atoms with Crippen LogP contribution in [0.25, 0.3) is 0 Å². The molecule has 1 fully saturated rings. The van der Waals surface area contributed by atoms with Gasteiger partial charge in [0.2, 0.25) is 5.91 Å². The largest absolute Gasteiger partial charge is 0.493 e. The van der Waals surface area contributed by atoms with Gasteiger partial charge in [-0.3, -0.25) is 4.79 Å². The van der Waals surface area contributed by atoms with E-state index in [1.54, 1.807) is 14.2 Å². The van der Waals surface area contributed by atoms with E-state index >= 15 is 0 Å². The summed E-state index contributed by atoms with van der Waals surface area (Å²) in [4.78, 5) is 14.6. The molecule has 0 N–H and O–H groups in total. The lowest BCUT2D eigenvalue weighted by Crippen LogP contribution is -2.40. The van der Waals surface area contributed by atoms with E-state index in [4.69, 9.17) is 14.2 Å². The van der Waals surface area contributed by atoms with Gasteiger partial charge in [-0.1, -0.05) is 24.3 Å². The summed E-state index contributed by atoms with van der Waals surface area (Å²) in [5.41, 5.74) is 2.10. The lowest BCUT2D eigenvalue weighted by molar-refractivity contribution is -0.132. The zero-order valence-electron chi connectivity index (χ0n) is 16.9. The van der Waals surface area contributed by atoms with E-state index in [2.05, 4.69) is 13.0 Å². The van der Waals surface area contributed by atoms with Crippen LogP contribution in [0.4, 0.5) is 0 Å². The molecular formula is C23H29NO4. The monoisotopic (exact) mass is 383 g/mol. The molecule has 0 radical (unpaired) electrons. The van der Waals surface area contributed by atoms with Crippen molar-refractivity contribution in [2.45, 2.75) is 26.2 Å². The minimum atomic E-state index is 0.158. The van der Waals surface area contributed by atoms with Crippen LogP contribution in [0.3, 0.4) is 0 Å². The van der Waals surface area contributed by atoms with Crippen molar-refractivity contribution in [2.24, 2.45) is 5.92 Å². The normalized spacial score (nSPS) is 14.6. The van der Waals surface area contributed by atoms with E-state index in [9.17, 15) is 4.79 Å². The molecule has 0 aromatic heterocycles. The summed E-state index contributed by atoms with van der Waals surface area (Å²) in [5.74, 6) is 2.93. The molecule has 2 aromatic rings. The van der Waals surface area contributed by atoms with E-state index in [1.807, 2.05) is 41.3 Å². The quantitative estimate of drug-likeness (QED) is 0.728. The van der Waals surface area contributed by atoms with Crippen molar-refractivity contribution in [1.82, 2.24) is 4.90 Å². The molecule has 2 aromatic carbocycles. The summed E-state index contributed by atoms with van der Waals surface area (Å²) in [5, 5.41) is 0. The van der Waals surface area contributed by atoms with Gasteiger partial charge in [0.15, 0.2) is 11.5 Å². The maximum absolute atomic E-state index is 12.7. The molecule has 5 nitrogen and oxygen atoms in total. The Labute approximate surface area is 167 Å². The van der Waals surface area contributed by atoms with Crippen LogP contribution in [0.2, 0.25) is 0 Å². The highest BCUT2D eigenvalue weighted by atomic mass is 16.5. The molecule has 1 aliphatic heterocycles. The first-order chi connectivity index (χ1) is 13.6. The second-order valence-electron chi connectivity index (χ2n) is 7.27. The van der Waals surface area contributed by atoms with Gasteiger partial charge in [-0.2, -0.15) is 0 Å². The fourth-order valence-corrected chi connectivity index (χ4v) is 3.55. The average molecular weight is 383 g/mol. The lowest BCUT2D eigenvalue weighted by Gasteiger charge is -2.32. The maximum atomic E-state index is 12.7. The molecule has 3 rings (SSSR count). The number of hydrogen-bond acceptors (Lipinski definition) is 4. The highest BCUT2D eigenvalue weighted by Crippen LogP contribution is 2.28. The van der Waals surface area contributed by atoms with E-state index in [-0.39, 0.29) is 5.91 Å². The first-order valence-corrected chi connectivity index (χ1v) is 9.77. The Balaban J connectivity index is 1.48. The molecule has 150 valence electrons. The van der Waals surface area contributed by atoms with E-state index in [0.717, 1.165) is 42.8 Å². The molecule has 0 spiro atoms. The van der Waals surface area contributed by atoms with Crippen molar-refractivity contribution in [2.75, 3.05) is 33.9 Å². The summed E-state index contributed by atoms with van der Waals surface area (Å²) < 4.78 is 16.6. The number of likely N-dealkylation sites (tertiary alicyclic amines) is 1. The molecule has 0 atom stereocenters. The van der Waals surface area contributed by atoms with Gasteiger partial charge in [-0.25, -0.2) is 0 Å². The van der Waals surface area contributed by atoms with Gasteiger partial charge < -0.3 is 19.1 Å². The third-order valence-corrected chi connectivity index (χ3v) is 5.34. The number of nitrogens with zero attached hydrogens (tertiary/aromatic N) is 1. The second kappa shape index (κ2) is 9.49. The van der Waals surface area contributed by atoms with Crippen LogP contribution in [-0.2, 0) is 11.2 Å². The van der Waals surface area contributed by atoms with Gasteiger partial charge >= 0.3 is 0 Å². The number of methoxy groups -OCH3 is 2. The minimum absolute atomic E-state index is 0.158. The van der Waals surface area contributed by atoms with Crippen molar-refractivity contribution in [1.29, 1.82) is 0 Å². The van der Waals surface area contributed by atoms with Crippen molar-refractivity contribution in [3.63, 3.8) is 0 Å². The van der Waals surface area contributed by atoms with Crippen LogP contribution in [0.5, 0.6) is 17.2 Å². The molecule has 0 saturated carbocycles. The molecule has 1 heterocycles. The third-order valence-electron chi connectivity index (χ3n) is 5.34. The predicted octanol–water partition coefficient (Wildman–Crippen LogP) is 3.87. The van der Waals surface area contributed by atoms with E-state index < -0.39 is 0 Å². The van der Waals surface area contributed by atoms with Gasteiger partial charge in [0, 0.05) is 13.1 Å². The number of rotatable bonds is 7. The Morgan fingerprint density at radius 3 is 2.39 bits per heavy atom. The summed E-state index contributed by atoms with van der Waals surface area (Å²) in [6, 6.07) is 13.7. The molecule has 28 heavy (non-hydrogen) atoms. The highest BCUT2D eigenvalue weighted by molar-refractivity contribution is 5.79. The Morgan fingerprint density at radius 1 is 1.00 bits per heavy atom. The number of ether oxygens (including phenoxy) is 3. The molecular weight excluding hydrogens is 354 g/mol. The number of benzene rings is 2. The number of aryl methyl sites for hydroxylation is 1. The molecule has 1 amide bonds. The lowest BCUT2D eigenvalue weighted by atomic mass is 9.97. The van der Waals surface area contributed by atoms with Gasteiger partial charge in [0.1, 0.15) is 5.75 Å². The first kappa shape index (κ1) is 20.1. The number of hydrogen-bond donors (Lipinski definition) is 0. The fourth-order valence-electron chi connectivity index (χ4n) is 3.55. The molecule has 1 saturated heterocycles. The van der Waals surface area contributed by atoms with Crippen LogP contribution in [-0.4, -0.2) is 44.7 Å². The Hall–Kier alpha value is -2.69. The Kier molecular flexibility index (Phi) is 6.80. The zero-order valence-corrected chi connectivity index (χ0v) is 16.9. The van der Waals surface area contributed by atoms with Crippen LogP contribution >= 0.6 is 0 Å². The number of carbonyl (C=O) groups excluding carboxylic acids is 1. The fraction of sp³-hybridized carbons (Fsp3) is 0.435. The molecule has 1 aliphatic rings. The topological polar surface area (TPSA) is 48.0 Å². The van der Waals surface area contributed by atoms with Crippen LogP contribution in [0, 0.1) is 12.8 Å². The van der Waals surface area contributed by atoms with Crippen molar-refractivity contribution in [3.8, 4) is 17.2 Å². The Bertz CT molecular complexity index is 797. The standard InChI is InChI=1S/C23H29NO4/c1-17-6-4-5-7-20(17)28-16-18-10-12-24(13-11-18)23(25)15-19-8-9-21(26-2)22(14-19)27-3/h4-9,14,18H,10-13,15-16H2,1-3H3. The summed E-state index contributed by atoms with van der Waals surface area (Å²) >= 11 is 0. The Morgan fingerprint density at radius 2 is 1.71 bits per heavy atom. The third kappa shape index (κ3) is 4.97. The highest BCUT2D eigenvalue weighted by Gasteiger charge is 2.23. The van der Waals surface area contributed by atoms with E-state index in [1.165, 1.54) is 0 Å². The SMILES string of the molecule is COc1ccc(CC(=O)N2CCC(COc3ccccc3C)CC2)cc1OC. The molecule has 0 aliphatic carbocycles. The van der Waals surface area contributed by atoms with Crippen LogP contribution in [0.1, 0.15) is 24.0 Å². The van der Waals surface area contributed by atoms with Gasteiger partial charge in [-0.15, -0.1) is 0 Å². The number of piperidine rings is 1. The number of carbonyl (C=O) groups is 1. The summed E-state index contributed by atoms with van der Waals surface area (Å²) in [7, 11) is 3.21. The van der Waals surface area contributed by atoms with Gasteiger partial charge in [0.25, 0.3) is 0 Å². The van der Waals surface area contributed by atoms with Gasteiger partial charge in [-0.05, 0) is 55.0 Å². The van der Waals surface area contributed by atoms with Crippen LogP contribution in [0.15, 0.2) is 42.5 Å². The number of para-hydroxylation sites is 1.